The van der Waals surface area contributed by atoms with Crippen molar-refractivity contribution >= 4 is 10.1 Å². The molecule has 0 bridgehead atoms. The second kappa shape index (κ2) is 6.16. The van der Waals surface area contributed by atoms with Crippen LogP contribution < -0.4 is 0 Å². The van der Waals surface area contributed by atoms with E-state index < -0.39 is 10.1 Å². The Morgan fingerprint density at radius 3 is 2.61 bits per heavy atom. The molecule has 1 aliphatic rings. The van der Waals surface area contributed by atoms with Gasteiger partial charge in [0, 0.05) is 0 Å². The van der Waals surface area contributed by atoms with E-state index in [1.807, 2.05) is 18.2 Å². The van der Waals surface area contributed by atoms with Crippen molar-refractivity contribution in [1.82, 2.24) is 0 Å². The van der Waals surface area contributed by atoms with Crippen LogP contribution >= 0.6 is 0 Å². The Kier molecular flexibility index (Phi) is 4.55. The molecule has 0 N–H and O–H groups in total. The maximum atomic E-state index is 11.8. The lowest BCUT2D eigenvalue weighted by Gasteiger charge is -2.17. The normalized spacial score (nSPS) is 19.9. The van der Waals surface area contributed by atoms with Crippen molar-refractivity contribution in [3.8, 4) is 0 Å². The quantitative estimate of drug-likeness (QED) is 0.608. The first-order chi connectivity index (χ1) is 8.66. The Labute approximate surface area is 109 Å². The molecular weight excluding hydrogens is 248 g/mol. The maximum Gasteiger partial charge on any atom is 0.271 e. The molecule has 0 spiro atoms. The smallest absolute Gasteiger partial charge is 0.270 e. The summed E-state index contributed by atoms with van der Waals surface area (Å²) >= 11 is 0. The molecule has 1 aromatic carbocycles. The van der Waals surface area contributed by atoms with E-state index in [-0.39, 0.29) is 5.75 Å². The first-order valence-corrected chi connectivity index (χ1v) is 7.79. The Morgan fingerprint density at radius 2 is 1.94 bits per heavy atom. The molecule has 1 atom stereocenters. The highest BCUT2D eigenvalue weighted by molar-refractivity contribution is 7.85. The summed E-state index contributed by atoms with van der Waals surface area (Å²) in [7, 11) is -3.46. The fraction of sp³-hybridized carbons (Fsp3) is 0.429. The van der Waals surface area contributed by atoms with Crippen molar-refractivity contribution in [2.45, 2.75) is 25.0 Å². The van der Waals surface area contributed by atoms with Crippen LogP contribution in [-0.4, -0.2) is 15.0 Å². The predicted octanol–water partition coefficient (Wildman–Crippen LogP) is 2.89. The minimum Gasteiger partial charge on any atom is -0.270 e. The zero-order valence-corrected chi connectivity index (χ0v) is 11.1. The van der Waals surface area contributed by atoms with Gasteiger partial charge >= 0.3 is 0 Å². The molecule has 0 amide bonds. The van der Waals surface area contributed by atoms with E-state index in [4.69, 9.17) is 4.18 Å². The number of hydrogen-bond donors (Lipinski definition) is 0. The van der Waals surface area contributed by atoms with E-state index in [0.717, 1.165) is 24.8 Å². The van der Waals surface area contributed by atoms with E-state index >= 15 is 0 Å². The molecule has 0 saturated carbocycles. The lowest BCUT2D eigenvalue weighted by atomic mass is 9.96. The van der Waals surface area contributed by atoms with Crippen molar-refractivity contribution in [3.63, 3.8) is 0 Å². The Bertz CT molecular complexity index is 491. The van der Waals surface area contributed by atoms with Gasteiger partial charge < -0.3 is 0 Å². The molecule has 1 aromatic rings. The summed E-state index contributed by atoms with van der Waals surface area (Å²) in [6.07, 6.45) is 7.18. The van der Waals surface area contributed by atoms with Gasteiger partial charge in [-0.2, -0.15) is 8.42 Å². The maximum absolute atomic E-state index is 11.8. The summed E-state index contributed by atoms with van der Waals surface area (Å²) in [4.78, 5) is 0. The number of rotatable bonds is 5. The topological polar surface area (TPSA) is 43.4 Å². The van der Waals surface area contributed by atoms with Gasteiger partial charge in [-0.1, -0.05) is 42.5 Å². The van der Waals surface area contributed by atoms with Crippen LogP contribution in [0.1, 0.15) is 24.8 Å². The summed E-state index contributed by atoms with van der Waals surface area (Å²) in [5, 5.41) is 0. The van der Waals surface area contributed by atoms with Gasteiger partial charge in [-0.15, -0.1) is 0 Å². The molecule has 0 fully saturated rings. The average Bonchev–Trinajstić information content (AvgIpc) is 2.38. The first kappa shape index (κ1) is 13.3. The summed E-state index contributed by atoms with van der Waals surface area (Å²) in [6, 6.07) is 9.12. The van der Waals surface area contributed by atoms with Crippen molar-refractivity contribution in [1.29, 1.82) is 0 Å². The van der Waals surface area contributed by atoms with E-state index in [0.29, 0.717) is 12.5 Å². The molecule has 0 aliphatic heterocycles. The lowest BCUT2D eigenvalue weighted by molar-refractivity contribution is 0.243. The van der Waals surface area contributed by atoms with Crippen molar-refractivity contribution < 1.29 is 12.6 Å². The van der Waals surface area contributed by atoms with Gasteiger partial charge in [0.05, 0.1) is 6.61 Å². The molecule has 1 unspecified atom stereocenters. The zero-order chi connectivity index (χ0) is 12.8. The largest absolute Gasteiger partial charge is 0.271 e. The second-order valence-corrected chi connectivity index (χ2v) is 6.26. The van der Waals surface area contributed by atoms with Gasteiger partial charge in [0.25, 0.3) is 10.1 Å². The van der Waals surface area contributed by atoms with Crippen molar-refractivity contribution in [3.05, 3.63) is 48.0 Å². The van der Waals surface area contributed by atoms with E-state index in [1.165, 1.54) is 0 Å². The SMILES string of the molecule is O=S(=O)(Cc1ccccc1)OCC1CC=CCC1. The van der Waals surface area contributed by atoms with Crippen LogP contribution in [0.2, 0.25) is 0 Å². The molecule has 98 valence electrons. The molecule has 2 rings (SSSR count). The van der Waals surface area contributed by atoms with Crippen molar-refractivity contribution in [2.75, 3.05) is 6.61 Å². The molecule has 0 heterocycles. The highest BCUT2D eigenvalue weighted by atomic mass is 32.2. The highest BCUT2D eigenvalue weighted by Crippen LogP contribution is 2.19. The van der Waals surface area contributed by atoms with Crippen LogP contribution in [0.15, 0.2) is 42.5 Å². The fourth-order valence-corrected chi connectivity index (χ4v) is 3.11. The molecule has 4 heteroatoms. The Hall–Kier alpha value is -1.13. The highest BCUT2D eigenvalue weighted by Gasteiger charge is 2.17. The van der Waals surface area contributed by atoms with Gasteiger partial charge in [-0.05, 0) is 30.7 Å². The monoisotopic (exact) mass is 266 g/mol. The molecule has 0 radical (unpaired) electrons. The second-order valence-electron chi connectivity index (χ2n) is 4.62. The third-order valence-electron chi connectivity index (χ3n) is 3.05. The molecule has 0 saturated heterocycles. The summed E-state index contributed by atoms with van der Waals surface area (Å²) in [6.45, 7) is 0.305. The van der Waals surface area contributed by atoms with Gasteiger partial charge in [-0.25, -0.2) is 0 Å². The standard InChI is InChI=1S/C14H18O3S/c15-18(16,12-14-9-5-2-6-10-14)17-11-13-7-3-1-4-8-13/h1-3,5-6,9-10,13H,4,7-8,11-12H2. The molecule has 0 aromatic heterocycles. The minimum absolute atomic E-state index is 0.0452. The first-order valence-electron chi connectivity index (χ1n) is 6.22. The van der Waals surface area contributed by atoms with E-state index in [9.17, 15) is 8.42 Å². The van der Waals surface area contributed by atoms with E-state index in [1.54, 1.807) is 12.1 Å². The minimum atomic E-state index is -3.46. The summed E-state index contributed by atoms with van der Waals surface area (Å²) < 4.78 is 28.7. The van der Waals surface area contributed by atoms with Gasteiger partial charge in [0.15, 0.2) is 0 Å². The number of benzene rings is 1. The fourth-order valence-electron chi connectivity index (χ4n) is 2.03. The number of allylic oxidation sites excluding steroid dienone is 2. The molecular formula is C14H18O3S. The average molecular weight is 266 g/mol. The Morgan fingerprint density at radius 1 is 1.17 bits per heavy atom. The van der Waals surface area contributed by atoms with Crippen LogP contribution in [-0.2, 0) is 20.1 Å². The van der Waals surface area contributed by atoms with Crippen LogP contribution in [0.25, 0.3) is 0 Å². The van der Waals surface area contributed by atoms with Crippen LogP contribution in [0.5, 0.6) is 0 Å². The predicted molar refractivity (Wildman–Crippen MR) is 71.5 cm³/mol. The Balaban J connectivity index is 1.86. The van der Waals surface area contributed by atoms with Crippen LogP contribution in [0, 0.1) is 5.92 Å². The molecule has 1 aliphatic carbocycles. The lowest BCUT2D eigenvalue weighted by Crippen LogP contribution is -2.16. The molecule has 18 heavy (non-hydrogen) atoms. The van der Waals surface area contributed by atoms with Crippen LogP contribution in [0.4, 0.5) is 0 Å². The summed E-state index contributed by atoms with van der Waals surface area (Å²) in [5.74, 6) is 0.289. The zero-order valence-electron chi connectivity index (χ0n) is 10.3. The third-order valence-corrected chi connectivity index (χ3v) is 4.23. The van der Waals surface area contributed by atoms with E-state index in [2.05, 4.69) is 12.2 Å². The van der Waals surface area contributed by atoms with Crippen molar-refractivity contribution in [2.24, 2.45) is 5.92 Å². The third kappa shape index (κ3) is 4.27. The van der Waals surface area contributed by atoms with Gasteiger partial charge in [0.1, 0.15) is 5.75 Å². The van der Waals surface area contributed by atoms with Gasteiger partial charge in [0.2, 0.25) is 0 Å². The van der Waals surface area contributed by atoms with Crippen LogP contribution in [0.3, 0.4) is 0 Å². The summed E-state index contributed by atoms with van der Waals surface area (Å²) in [5.41, 5.74) is 0.765. The number of hydrogen-bond acceptors (Lipinski definition) is 3. The molecule has 3 nitrogen and oxygen atoms in total. The van der Waals surface area contributed by atoms with Gasteiger partial charge in [-0.3, -0.25) is 4.18 Å².